The van der Waals surface area contributed by atoms with Crippen LogP contribution in [0.15, 0.2) is 4.60 Å². The standard InChI is InChI=1S/C11H19BrN4O/c1-6-11(7-2,15(3)4)9(17)8-10(12)13-14-16(8)5/h6-7H2,1-5H3. The molecule has 0 aliphatic heterocycles. The molecule has 0 atom stereocenters. The molecule has 0 unspecified atom stereocenters. The van der Waals surface area contributed by atoms with Gasteiger partial charge in [-0.3, -0.25) is 9.69 Å². The molecule has 1 aromatic rings. The van der Waals surface area contributed by atoms with Gasteiger partial charge in [-0.15, -0.1) is 5.10 Å². The van der Waals surface area contributed by atoms with Crippen LogP contribution in [0.2, 0.25) is 0 Å². The van der Waals surface area contributed by atoms with Crippen molar-refractivity contribution in [3.63, 3.8) is 0 Å². The van der Waals surface area contributed by atoms with Crippen LogP contribution in [0.5, 0.6) is 0 Å². The normalized spacial score (nSPS) is 12.2. The van der Waals surface area contributed by atoms with E-state index >= 15 is 0 Å². The quantitative estimate of drug-likeness (QED) is 0.779. The van der Waals surface area contributed by atoms with Crippen LogP contribution in [0, 0.1) is 0 Å². The smallest absolute Gasteiger partial charge is 0.203 e. The summed E-state index contributed by atoms with van der Waals surface area (Å²) < 4.78 is 2.04. The average molecular weight is 303 g/mol. The molecule has 17 heavy (non-hydrogen) atoms. The minimum Gasteiger partial charge on any atom is -0.297 e. The number of likely N-dealkylation sites (N-methyl/N-ethyl adjacent to an activating group) is 1. The number of carbonyl (C=O) groups is 1. The Balaban J connectivity index is 3.27. The number of hydrogen-bond donors (Lipinski definition) is 0. The van der Waals surface area contributed by atoms with Gasteiger partial charge in [0.05, 0.1) is 5.54 Å². The Kier molecular flexibility index (Phi) is 4.43. The van der Waals surface area contributed by atoms with Crippen molar-refractivity contribution in [2.24, 2.45) is 7.05 Å². The van der Waals surface area contributed by atoms with Crippen LogP contribution in [-0.4, -0.2) is 45.3 Å². The van der Waals surface area contributed by atoms with Crippen molar-refractivity contribution in [2.75, 3.05) is 14.1 Å². The number of aryl methyl sites for hydroxylation is 1. The van der Waals surface area contributed by atoms with E-state index < -0.39 is 5.54 Å². The number of nitrogens with zero attached hydrogens (tertiary/aromatic N) is 4. The van der Waals surface area contributed by atoms with Gasteiger partial charge >= 0.3 is 0 Å². The molecule has 0 saturated carbocycles. The van der Waals surface area contributed by atoms with Gasteiger partial charge in [0.2, 0.25) is 5.78 Å². The summed E-state index contributed by atoms with van der Waals surface area (Å²) in [6, 6.07) is 0. The van der Waals surface area contributed by atoms with Crippen LogP contribution in [0.25, 0.3) is 0 Å². The summed E-state index contributed by atoms with van der Waals surface area (Å²) >= 11 is 3.28. The number of ketones is 1. The van der Waals surface area contributed by atoms with Gasteiger partial charge in [0.1, 0.15) is 5.69 Å². The van der Waals surface area contributed by atoms with E-state index in [1.807, 2.05) is 32.8 Å². The number of rotatable bonds is 5. The van der Waals surface area contributed by atoms with Gasteiger partial charge < -0.3 is 0 Å². The third kappa shape index (κ3) is 2.28. The van der Waals surface area contributed by atoms with E-state index in [2.05, 4.69) is 26.2 Å². The Morgan fingerprint density at radius 3 is 2.24 bits per heavy atom. The summed E-state index contributed by atoms with van der Waals surface area (Å²) in [6.45, 7) is 4.05. The fourth-order valence-corrected chi connectivity index (χ4v) is 2.71. The van der Waals surface area contributed by atoms with Crippen molar-refractivity contribution < 1.29 is 4.79 Å². The molecule has 6 heteroatoms. The zero-order valence-electron chi connectivity index (χ0n) is 11.0. The average Bonchev–Trinajstić information content (AvgIpc) is 2.60. The Bertz CT molecular complexity index is 390. The lowest BCUT2D eigenvalue weighted by atomic mass is 9.85. The third-order valence-electron chi connectivity index (χ3n) is 3.45. The molecule has 0 radical (unpaired) electrons. The summed E-state index contributed by atoms with van der Waals surface area (Å²) in [4.78, 5) is 14.7. The minimum absolute atomic E-state index is 0.0619. The lowest BCUT2D eigenvalue weighted by Gasteiger charge is -2.36. The van der Waals surface area contributed by atoms with Crippen molar-refractivity contribution in [3.05, 3.63) is 10.3 Å². The van der Waals surface area contributed by atoms with Crippen LogP contribution in [0.4, 0.5) is 0 Å². The second kappa shape index (κ2) is 5.27. The third-order valence-corrected chi connectivity index (χ3v) is 3.98. The Morgan fingerprint density at radius 2 is 1.94 bits per heavy atom. The number of carbonyl (C=O) groups excluding carboxylic acids is 1. The van der Waals surface area contributed by atoms with Crippen molar-refractivity contribution >= 4 is 21.7 Å². The van der Waals surface area contributed by atoms with Gasteiger partial charge in [-0.05, 0) is 42.9 Å². The first-order valence-corrected chi connectivity index (χ1v) is 6.47. The van der Waals surface area contributed by atoms with Crippen LogP contribution < -0.4 is 0 Å². The summed E-state index contributed by atoms with van der Waals surface area (Å²) in [7, 11) is 5.60. The maximum atomic E-state index is 12.7. The van der Waals surface area contributed by atoms with E-state index in [0.717, 1.165) is 12.8 Å². The van der Waals surface area contributed by atoms with Crippen molar-refractivity contribution in [1.82, 2.24) is 19.9 Å². The molecule has 0 aromatic carbocycles. The van der Waals surface area contributed by atoms with E-state index in [4.69, 9.17) is 0 Å². The van der Waals surface area contributed by atoms with E-state index in [0.29, 0.717) is 10.3 Å². The van der Waals surface area contributed by atoms with Gasteiger partial charge in [-0.2, -0.15) is 0 Å². The molecular weight excluding hydrogens is 284 g/mol. The summed E-state index contributed by atoms with van der Waals surface area (Å²) in [5.41, 5.74) is 0.0419. The largest absolute Gasteiger partial charge is 0.297 e. The molecule has 1 rings (SSSR count). The molecular formula is C11H19BrN4O. The van der Waals surface area contributed by atoms with Gasteiger partial charge in [-0.1, -0.05) is 19.1 Å². The number of Topliss-reactive ketones (excluding diaryl/α,β-unsaturated/α-hetero) is 1. The molecule has 96 valence electrons. The van der Waals surface area contributed by atoms with Gasteiger partial charge in [0.15, 0.2) is 4.60 Å². The molecule has 1 aromatic heterocycles. The second-order valence-electron chi connectivity index (χ2n) is 4.31. The monoisotopic (exact) mass is 302 g/mol. The molecule has 0 spiro atoms. The van der Waals surface area contributed by atoms with Crippen LogP contribution in [0.1, 0.15) is 37.2 Å². The minimum atomic E-state index is -0.488. The number of halogens is 1. The molecule has 1 heterocycles. The molecule has 0 aliphatic rings. The predicted octanol–water partition coefficient (Wildman–Crippen LogP) is 1.88. The van der Waals surface area contributed by atoms with Crippen LogP contribution in [0.3, 0.4) is 0 Å². The van der Waals surface area contributed by atoms with E-state index in [9.17, 15) is 4.79 Å². The van der Waals surface area contributed by atoms with E-state index in [1.165, 1.54) is 4.68 Å². The van der Waals surface area contributed by atoms with Gasteiger partial charge in [-0.25, -0.2) is 4.68 Å². The lowest BCUT2D eigenvalue weighted by molar-refractivity contribution is 0.0644. The van der Waals surface area contributed by atoms with Crippen molar-refractivity contribution in [3.8, 4) is 0 Å². The topological polar surface area (TPSA) is 51.0 Å². The summed E-state index contributed by atoms with van der Waals surface area (Å²) in [6.07, 6.45) is 1.51. The van der Waals surface area contributed by atoms with E-state index in [1.54, 1.807) is 7.05 Å². The summed E-state index contributed by atoms with van der Waals surface area (Å²) in [5, 5.41) is 7.73. The zero-order chi connectivity index (χ0) is 13.2. The fraction of sp³-hybridized carbons (Fsp3) is 0.727. The van der Waals surface area contributed by atoms with Gasteiger partial charge in [0, 0.05) is 7.05 Å². The lowest BCUT2D eigenvalue weighted by Crippen LogP contribution is -2.50. The highest BCUT2D eigenvalue weighted by Crippen LogP contribution is 2.28. The van der Waals surface area contributed by atoms with Crippen LogP contribution >= 0.6 is 15.9 Å². The highest BCUT2D eigenvalue weighted by Gasteiger charge is 2.40. The first kappa shape index (κ1) is 14.3. The Hall–Kier alpha value is -0.750. The zero-order valence-corrected chi connectivity index (χ0v) is 12.6. The van der Waals surface area contributed by atoms with E-state index in [-0.39, 0.29) is 5.78 Å². The molecule has 0 saturated heterocycles. The maximum absolute atomic E-state index is 12.7. The van der Waals surface area contributed by atoms with Crippen molar-refractivity contribution in [1.29, 1.82) is 0 Å². The van der Waals surface area contributed by atoms with Crippen LogP contribution in [-0.2, 0) is 7.05 Å². The molecule has 0 N–H and O–H groups in total. The number of aromatic nitrogens is 3. The van der Waals surface area contributed by atoms with Crippen molar-refractivity contribution in [2.45, 2.75) is 32.2 Å². The molecule has 0 amide bonds. The molecule has 0 aliphatic carbocycles. The summed E-state index contributed by atoms with van der Waals surface area (Å²) in [5.74, 6) is 0.0619. The first-order chi connectivity index (χ1) is 7.90. The Morgan fingerprint density at radius 1 is 1.41 bits per heavy atom. The fourth-order valence-electron chi connectivity index (χ4n) is 2.20. The SMILES string of the molecule is CCC(CC)(C(=O)c1c(Br)nnn1C)N(C)C. The van der Waals surface area contributed by atoms with Gasteiger partial charge in [0.25, 0.3) is 0 Å². The first-order valence-electron chi connectivity index (χ1n) is 5.68. The predicted molar refractivity (Wildman–Crippen MR) is 70.0 cm³/mol. The highest BCUT2D eigenvalue weighted by atomic mass is 79.9. The number of hydrogen-bond acceptors (Lipinski definition) is 4. The second-order valence-corrected chi connectivity index (χ2v) is 5.07. The maximum Gasteiger partial charge on any atom is 0.203 e. The highest BCUT2D eigenvalue weighted by molar-refractivity contribution is 9.10. The molecule has 0 bridgehead atoms. The molecule has 0 fully saturated rings. The molecule has 5 nitrogen and oxygen atoms in total. The Labute approximate surface area is 110 Å².